The Kier molecular flexibility index (Phi) is 2.72. The lowest BCUT2D eigenvalue weighted by atomic mass is 9.81. The van der Waals surface area contributed by atoms with Crippen LogP contribution < -0.4 is 0 Å². The summed E-state index contributed by atoms with van der Waals surface area (Å²) in [6.07, 6.45) is 4.66. The van der Waals surface area contributed by atoms with Gasteiger partial charge in [0.15, 0.2) is 5.78 Å². The Labute approximate surface area is 86.2 Å². The lowest BCUT2D eigenvalue weighted by Crippen LogP contribution is -2.23. The van der Waals surface area contributed by atoms with E-state index in [9.17, 15) is 9.59 Å². The van der Waals surface area contributed by atoms with Crippen LogP contribution in [0, 0.1) is 5.92 Å². The Balaban J connectivity index is 1.91. The fourth-order valence-electron chi connectivity index (χ4n) is 1.47. The van der Waals surface area contributed by atoms with Crippen LogP contribution in [0.15, 0.2) is 11.7 Å². The molecule has 2 rings (SSSR count). The van der Waals surface area contributed by atoms with Crippen molar-refractivity contribution in [3.05, 3.63) is 16.6 Å². The van der Waals surface area contributed by atoms with E-state index < -0.39 is 0 Å². The Morgan fingerprint density at radius 2 is 2.29 bits per heavy atom. The maximum atomic E-state index is 11.5. The van der Waals surface area contributed by atoms with Crippen molar-refractivity contribution in [1.29, 1.82) is 0 Å². The molecule has 1 saturated carbocycles. The van der Waals surface area contributed by atoms with E-state index in [4.69, 9.17) is 0 Å². The number of Topliss-reactive ketones (excluding diaryl/α,β-unsaturated/α-hetero) is 2. The molecular weight excluding hydrogens is 198 g/mol. The van der Waals surface area contributed by atoms with Crippen molar-refractivity contribution in [2.24, 2.45) is 5.92 Å². The molecule has 1 aliphatic carbocycles. The van der Waals surface area contributed by atoms with E-state index in [-0.39, 0.29) is 23.9 Å². The van der Waals surface area contributed by atoms with E-state index in [2.05, 4.69) is 4.98 Å². The number of rotatable bonds is 4. The smallest absolute Gasteiger partial charge is 0.181 e. The summed E-state index contributed by atoms with van der Waals surface area (Å²) in [4.78, 5) is 27.4. The monoisotopic (exact) mass is 209 g/mol. The fraction of sp³-hybridized carbons (Fsp3) is 0.500. The number of carbonyl (C=O) groups excluding carboxylic acids is 2. The van der Waals surface area contributed by atoms with Crippen LogP contribution in [-0.2, 0) is 4.79 Å². The molecule has 0 aromatic carbocycles. The van der Waals surface area contributed by atoms with Crippen LogP contribution in [0.25, 0.3) is 0 Å². The summed E-state index contributed by atoms with van der Waals surface area (Å²) in [5, 5.41) is 0. The van der Waals surface area contributed by atoms with Gasteiger partial charge in [-0.1, -0.05) is 6.42 Å². The summed E-state index contributed by atoms with van der Waals surface area (Å²) < 4.78 is 0. The van der Waals surface area contributed by atoms with E-state index in [1.165, 1.54) is 17.5 Å². The molecule has 0 bridgehead atoms. The van der Waals surface area contributed by atoms with Crippen LogP contribution in [0.2, 0.25) is 0 Å². The first-order valence-corrected chi connectivity index (χ1v) is 5.60. The number of aromatic nitrogens is 1. The molecule has 3 nitrogen and oxygen atoms in total. The Morgan fingerprint density at radius 1 is 1.50 bits per heavy atom. The molecule has 0 unspecified atom stereocenters. The molecule has 0 aliphatic heterocycles. The maximum absolute atomic E-state index is 11.5. The van der Waals surface area contributed by atoms with E-state index in [0.717, 1.165) is 19.3 Å². The summed E-state index contributed by atoms with van der Waals surface area (Å²) in [6, 6.07) is 0. The van der Waals surface area contributed by atoms with Gasteiger partial charge in [-0.15, -0.1) is 11.3 Å². The normalized spacial score (nSPS) is 16.3. The first kappa shape index (κ1) is 9.52. The van der Waals surface area contributed by atoms with Gasteiger partial charge in [-0.05, 0) is 12.8 Å². The van der Waals surface area contributed by atoms with Gasteiger partial charge in [-0.25, -0.2) is 0 Å². The molecule has 0 saturated heterocycles. The first-order chi connectivity index (χ1) is 6.77. The predicted molar refractivity (Wildman–Crippen MR) is 53.4 cm³/mol. The third-order valence-corrected chi connectivity index (χ3v) is 3.42. The lowest BCUT2D eigenvalue weighted by molar-refractivity contribution is -0.124. The molecule has 0 amide bonds. The van der Waals surface area contributed by atoms with Crippen LogP contribution in [0.4, 0.5) is 0 Å². The molecule has 74 valence electrons. The van der Waals surface area contributed by atoms with Crippen LogP contribution in [0.5, 0.6) is 0 Å². The number of hydrogen-bond acceptors (Lipinski definition) is 4. The van der Waals surface area contributed by atoms with Crippen LogP contribution in [0.3, 0.4) is 0 Å². The topological polar surface area (TPSA) is 47.0 Å². The lowest BCUT2D eigenvalue weighted by Gasteiger charge is -2.23. The molecule has 1 aromatic rings. The van der Waals surface area contributed by atoms with Gasteiger partial charge in [-0.2, -0.15) is 0 Å². The molecule has 0 N–H and O–H groups in total. The van der Waals surface area contributed by atoms with Crippen molar-refractivity contribution >= 4 is 22.9 Å². The highest BCUT2D eigenvalue weighted by Crippen LogP contribution is 2.28. The molecular formula is C10H11NO2S. The van der Waals surface area contributed by atoms with Crippen molar-refractivity contribution < 1.29 is 9.59 Å². The van der Waals surface area contributed by atoms with Crippen LogP contribution in [0.1, 0.15) is 35.4 Å². The Bertz CT molecular complexity index is 341. The average molecular weight is 209 g/mol. The number of nitrogens with zero attached hydrogens (tertiary/aromatic N) is 1. The largest absolute Gasteiger partial charge is 0.299 e. The van der Waals surface area contributed by atoms with Gasteiger partial charge >= 0.3 is 0 Å². The average Bonchev–Trinajstić information content (AvgIpc) is 2.51. The van der Waals surface area contributed by atoms with Gasteiger partial charge in [-0.3, -0.25) is 14.6 Å². The molecule has 0 atom stereocenters. The first-order valence-electron chi connectivity index (χ1n) is 4.72. The van der Waals surface area contributed by atoms with Gasteiger partial charge in [0.05, 0.1) is 16.8 Å². The number of hydrogen-bond donors (Lipinski definition) is 0. The maximum Gasteiger partial charge on any atom is 0.181 e. The van der Waals surface area contributed by atoms with Gasteiger partial charge in [0.2, 0.25) is 0 Å². The molecule has 0 spiro atoms. The third-order valence-electron chi connectivity index (χ3n) is 2.60. The highest BCUT2D eigenvalue weighted by atomic mass is 32.1. The summed E-state index contributed by atoms with van der Waals surface area (Å²) in [6.45, 7) is 0. The van der Waals surface area contributed by atoms with E-state index in [0.29, 0.717) is 4.88 Å². The van der Waals surface area contributed by atoms with Gasteiger partial charge in [0.25, 0.3) is 0 Å². The number of carbonyl (C=O) groups is 2. The summed E-state index contributed by atoms with van der Waals surface area (Å²) >= 11 is 1.30. The zero-order chi connectivity index (χ0) is 9.97. The van der Waals surface area contributed by atoms with Crippen molar-refractivity contribution in [3.63, 3.8) is 0 Å². The summed E-state index contributed by atoms with van der Waals surface area (Å²) in [7, 11) is 0. The van der Waals surface area contributed by atoms with Crippen LogP contribution >= 0.6 is 11.3 Å². The minimum atomic E-state index is -0.0793. The SMILES string of the molecule is O=C(CC(=O)C1CCC1)c1cncs1. The summed E-state index contributed by atoms with van der Waals surface area (Å²) in [5.41, 5.74) is 1.61. The van der Waals surface area contributed by atoms with Gasteiger partial charge in [0.1, 0.15) is 5.78 Å². The van der Waals surface area contributed by atoms with Crippen molar-refractivity contribution in [3.8, 4) is 0 Å². The van der Waals surface area contributed by atoms with Crippen molar-refractivity contribution in [2.45, 2.75) is 25.7 Å². The van der Waals surface area contributed by atoms with Crippen molar-refractivity contribution in [2.75, 3.05) is 0 Å². The third kappa shape index (κ3) is 1.90. The van der Waals surface area contributed by atoms with E-state index in [1.54, 1.807) is 5.51 Å². The minimum Gasteiger partial charge on any atom is -0.299 e. The zero-order valence-corrected chi connectivity index (χ0v) is 8.55. The quantitative estimate of drug-likeness (QED) is 0.563. The predicted octanol–water partition coefficient (Wildman–Crippen LogP) is 2.09. The second kappa shape index (κ2) is 4.00. The van der Waals surface area contributed by atoms with Crippen molar-refractivity contribution in [1.82, 2.24) is 4.98 Å². The van der Waals surface area contributed by atoms with Gasteiger partial charge in [0, 0.05) is 12.1 Å². The minimum absolute atomic E-state index is 0.0624. The highest BCUT2D eigenvalue weighted by molar-refractivity contribution is 7.11. The molecule has 4 heteroatoms. The number of ketones is 2. The van der Waals surface area contributed by atoms with Crippen LogP contribution in [-0.4, -0.2) is 16.6 Å². The Hall–Kier alpha value is -1.03. The highest BCUT2D eigenvalue weighted by Gasteiger charge is 2.27. The molecule has 1 heterocycles. The second-order valence-electron chi connectivity index (χ2n) is 3.56. The fourth-order valence-corrected chi connectivity index (χ4v) is 2.03. The molecule has 14 heavy (non-hydrogen) atoms. The number of thiazole rings is 1. The van der Waals surface area contributed by atoms with E-state index in [1.807, 2.05) is 0 Å². The van der Waals surface area contributed by atoms with Gasteiger partial charge < -0.3 is 0 Å². The molecule has 1 aliphatic rings. The second-order valence-corrected chi connectivity index (χ2v) is 4.45. The summed E-state index contributed by atoms with van der Waals surface area (Å²) in [5.74, 6) is 0.186. The molecule has 0 radical (unpaired) electrons. The zero-order valence-electron chi connectivity index (χ0n) is 7.73. The molecule has 1 fully saturated rings. The standard InChI is InChI=1S/C10H11NO2S/c12-8(7-2-1-3-7)4-9(13)10-5-11-6-14-10/h5-7H,1-4H2. The van der Waals surface area contributed by atoms with E-state index >= 15 is 0 Å². The Morgan fingerprint density at radius 3 is 2.79 bits per heavy atom. The molecule has 1 aromatic heterocycles.